The minimum Gasteiger partial charge on any atom is -0.481 e. The topological polar surface area (TPSA) is 43.4 Å². The van der Waals surface area contributed by atoms with Gasteiger partial charge in [-0.3, -0.25) is 0 Å². The molecule has 94 valence electrons. The Labute approximate surface area is 102 Å². The summed E-state index contributed by atoms with van der Waals surface area (Å²) < 4.78 is 10.7. The summed E-state index contributed by atoms with van der Waals surface area (Å²) >= 11 is 0. The zero-order valence-electron chi connectivity index (χ0n) is 10.5. The molecule has 1 aromatic rings. The van der Waals surface area contributed by atoms with Crippen LogP contribution in [0.2, 0.25) is 0 Å². The van der Waals surface area contributed by atoms with Crippen molar-refractivity contribution in [2.75, 3.05) is 20.3 Å². The van der Waals surface area contributed by atoms with Gasteiger partial charge in [-0.15, -0.1) is 0 Å². The first kappa shape index (κ1) is 12.3. The third-order valence-corrected chi connectivity index (χ3v) is 3.14. The second-order valence-corrected chi connectivity index (χ2v) is 4.71. The van der Waals surface area contributed by atoms with Gasteiger partial charge in [0.25, 0.3) is 0 Å². The third-order valence-electron chi connectivity index (χ3n) is 3.14. The van der Waals surface area contributed by atoms with Crippen molar-refractivity contribution in [3.05, 3.63) is 23.9 Å². The van der Waals surface area contributed by atoms with Crippen molar-refractivity contribution < 1.29 is 9.47 Å². The lowest BCUT2D eigenvalue weighted by molar-refractivity contribution is 0.0207. The molecular formula is C13H20N2O2. The quantitative estimate of drug-likeness (QED) is 0.846. The molecule has 1 unspecified atom stereocenters. The van der Waals surface area contributed by atoms with Crippen molar-refractivity contribution in [3.63, 3.8) is 0 Å². The predicted octanol–water partition coefficient (Wildman–Crippen LogP) is 1.75. The van der Waals surface area contributed by atoms with Crippen LogP contribution in [0.1, 0.15) is 25.3 Å². The van der Waals surface area contributed by atoms with Gasteiger partial charge in [-0.25, -0.2) is 4.98 Å². The number of methoxy groups -OCH3 is 1. The number of aromatic nitrogens is 1. The molecule has 1 aliphatic rings. The van der Waals surface area contributed by atoms with Crippen molar-refractivity contribution in [2.45, 2.75) is 31.9 Å². The standard InChI is InChI=1S/C13H20N2O2/c1-13(6-3-7-17-13)10-14-8-11-4-5-12(16-2)15-9-11/h4-5,9,14H,3,6-8,10H2,1-2H3. The normalized spacial score (nSPS) is 23.9. The van der Waals surface area contributed by atoms with Gasteiger partial charge in [0, 0.05) is 32.0 Å². The van der Waals surface area contributed by atoms with Crippen LogP contribution in [0.5, 0.6) is 5.88 Å². The van der Waals surface area contributed by atoms with Gasteiger partial charge in [-0.2, -0.15) is 0 Å². The number of rotatable bonds is 5. The maximum atomic E-state index is 5.72. The molecule has 0 spiro atoms. The average molecular weight is 236 g/mol. The molecule has 0 radical (unpaired) electrons. The summed E-state index contributed by atoms with van der Waals surface area (Å²) in [5, 5.41) is 3.42. The molecule has 4 nitrogen and oxygen atoms in total. The Morgan fingerprint density at radius 2 is 2.41 bits per heavy atom. The number of hydrogen-bond acceptors (Lipinski definition) is 4. The Morgan fingerprint density at radius 1 is 1.53 bits per heavy atom. The number of nitrogens with one attached hydrogen (secondary N) is 1. The molecule has 1 aromatic heterocycles. The van der Waals surface area contributed by atoms with Gasteiger partial charge in [0.05, 0.1) is 12.7 Å². The lowest BCUT2D eigenvalue weighted by Crippen LogP contribution is -2.36. The molecule has 0 bridgehead atoms. The highest BCUT2D eigenvalue weighted by molar-refractivity contribution is 5.17. The van der Waals surface area contributed by atoms with E-state index in [0.717, 1.165) is 31.7 Å². The first-order valence-corrected chi connectivity index (χ1v) is 6.05. The van der Waals surface area contributed by atoms with Crippen molar-refractivity contribution in [1.82, 2.24) is 10.3 Å². The van der Waals surface area contributed by atoms with E-state index in [-0.39, 0.29) is 5.60 Å². The van der Waals surface area contributed by atoms with Crippen LogP contribution >= 0.6 is 0 Å². The molecule has 2 rings (SSSR count). The van der Waals surface area contributed by atoms with Crippen LogP contribution in [0.15, 0.2) is 18.3 Å². The molecule has 2 heterocycles. The van der Waals surface area contributed by atoms with Crippen LogP contribution in [0.25, 0.3) is 0 Å². The molecule has 17 heavy (non-hydrogen) atoms. The van der Waals surface area contributed by atoms with Crippen LogP contribution in [0.3, 0.4) is 0 Å². The van der Waals surface area contributed by atoms with E-state index < -0.39 is 0 Å². The Morgan fingerprint density at radius 3 is 3.00 bits per heavy atom. The van der Waals surface area contributed by atoms with Gasteiger partial charge in [0.1, 0.15) is 0 Å². The molecule has 1 N–H and O–H groups in total. The second-order valence-electron chi connectivity index (χ2n) is 4.71. The van der Waals surface area contributed by atoms with E-state index in [9.17, 15) is 0 Å². The van der Waals surface area contributed by atoms with Crippen LogP contribution < -0.4 is 10.1 Å². The first-order chi connectivity index (χ1) is 8.22. The Hall–Kier alpha value is -1.13. The van der Waals surface area contributed by atoms with Crippen LogP contribution in [-0.4, -0.2) is 30.8 Å². The lowest BCUT2D eigenvalue weighted by atomic mass is 10.0. The first-order valence-electron chi connectivity index (χ1n) is 6.05. The van der Waals surface area contributed by atoms with Crippen molar-refractivity contribution >= 4 is 0 Å². The van der Waals surface area contributed by atoms with Crippen LogP contribution in [-0.2, 0) is 11.3 Å². The highest BCUT2D eigenvalue weighted by Gasteiger charge is 2.28. The number of ether oxygens (including phenoxy) is 2. The molecule has 1 fully saturated rings. The zero-order valence-corrected chi connectivity index (χ0v) is 10.5. The highest BCUT2D eigenvalue weighted by atomic mass is 16.5. The van der Waals surface area contributed by atoms with Gasteiger partial charge in [0.15, 0.2) is 0 Å². The minimum absolute atomic E-state index is 0.0138. The Balaban J connectivity index is 1.77. The van der Waals surface area contributed by atoms with Gasteiger partial charge in [-0.1, -0.05) is 6.07 Å². The number of pyridine rings is 1. The Bertz CT molecular complexity index is 345. The predicted molar refractivity (Wildman–Crippen MR) is 66.1 cm³/mol. The average Bonchev–Trinajstić information content (AvgIpc) is 2.77. The van der Waals surface area contributed by atoms with Gasteiger partial charge in [0.2, 0.25) is 5.88 Å². The molecule has 1 saturated heterocycles. The monoisotopic (exact) mass is 236 g/mol. The highest BCUT2D eigenvalue weighted by Crippen LogP contribution is 2.23. The van der Waals surface area contributed by atoms with Gasteiger partial charge < -0.3 is 14.8 Å². The Kier molecular flexibility index (Phi) is 3.97. The van der Waals surface area contributed by atoms with E-state index in [1.165, 1.54) is 6.42 Å². The maximum Gasteiger partial charge on any atom is 0.212 e. The number of nitrogens with zero attached hydrogens (tertiary/aromatic N) is 1. The summed E-state index contributed by atoms with van der Waals surface area (Å²) in [6.45, 7) is 4.76. The summed E-state index contributed by atoms with van der Waals surface area (Å²) in [5.41, 5.74) is 1.17. The molecular weight excluding hydrogens is 216 g/mol. The van der Waals surface area contributed by atoms with Gasteiger partial charge in [-0.05, 0) is 25.3 Å². The van der Waals surface area contributed by atoms with E-state index >= 15 is 0 Å². The van der Waals surface area contributed by atoms with Crippen LogP contribution in [0, 0.1) is 0 Å². The fourth-order valence-corrected chi connectivity index (χ4v) is 2.08. The molecule has 0 aliphatic carbocycles. The number of hydrogen-bond donors (Lipinski definition) is 1. The molecule has 0 aromatic carbocycles. The zero-order chi connectivity index (χ0) is 12.1. The van der Waals surface area contributed by atoms with Crippen molar-refractivity contribution in [2.24, 2.45) is 0 Å². The molecule has 1 aliphatic heterocycles. The molecule has 1 atom stereocenters. The van der Waals surface area contributed by atoms with Crippen molar-refractivity contribution in [3.8, 4) is 5.88 Å². The van der Waals surface area contributed by atoms with Crippen LogP contribution in [0.4, 0.5) is 0 Å². The van der Waals surface area contributed by atoms with E-state index in [2.05, 4.69) is 17.2 Å². The third kappa shape index (κ3) is 3.41. The van der Waals surface area contributed by atoms with E-state index in [1.807, 2.05) is 18.3 Å². The summed E-state index contributed by atoms with van der Waals surface area (Å²) in [5.74, 6) is 0.653. The fourth-order valence-electron chi connectivity index (χ4n) is 2.08. The van der Waals surface area contributed by atoms with Crippen molar-refractivity contribution in [1.29, 1.82) is 0 Å². The molecule has 0 amide bonds. The summed E-state index contributed by atoms with van der Waals surface area (Å²) in [7, 11) is 1.62. The maximum absolute atomic E-state index is 5.72. The van der Waals surface area contributed by atoms with Gasteiger partial charge >= 0.3 is 0 Å². The SMILES string of the molecule is COc1ccc(CNCC2(C)CCCO2)cn1. The molecule has 0 saturated carbocycles. The van der Waals surface area contributed by atoms with E-state index in [4.69, 9.17) is 9.47 Å². The minimum atomic E-state index is 0.0138. The smallest absolute Gasteiger partial charge is 0.212 e. The fraction of sp³-hybridized carbons (Fsp3) is 0.615. The summed E-state index contributed by atoms with van der Waals surface area (Å²) in [6.07, 6.45) is 4.15. The van der Waals surface area contributed by atoms with E-state index in [1.54, 1.807) is 7.11 Å². The molecule has 4 heteroatoms. The second kappa shape index (κ2) is 5.47. The summed E-state index contributed by atoms with van der Waals surface area (Å²) in [4.78, 5) is 4.17. The lowest BCUT2D eigenvalue weighted by Gasteiger charge is -2.23. The largest absolute Gasteiger partial charge is 0.481 e. The van der Waals surface area contributed by atoms with E-state index in [0.29, 0.717) is 5.88 Å². The summed E-state index contributed by atoms with van der Waals surface area (Å²) in [6, 6.07) is 3.90.